The Morgan fingerprint density at radius 2 is 1.74 bits per heavy atom. The standard InChI is InChI=1S/C20H13F3N4O3S/c21-20(22,23)29-14-8-6-13(7-9-14)18-26-17(30-27-18)11-31-19-24-15(10-16(28)25-19)12-4-2-1-3-5-12/h1-10H,11H2,(H,24,25,28). The monoisotopic (exact) mass is 446 g/mol. The number of benzene rings is 2. The molecule has 11 heteroatoms. The van der Waals surface area contributed by atoms with E-state index in [9.17, 15) is 18.0 Å². The van der Waals surface area contributed by atoms with Crippen LogP contribution in [0.25, 0.3) is 22.6 Å². The second-order valence-corrected chi connectivity index (χ2v) is 7.14. The molecule has 0 unspecified atom stereocenters. The Morgan fingerprint density at radius 3 is 2.45 bits per heavy atom. The van der Waals surface area contributed by atoms with Crippen molar-refractivity contribution in [2.24, 2.45) is 0 Å². The van der Waals surface area contributed by atoms with Crippen LogP contribution in [-0.2, 0) is 5.75 Å². The second kappa shape index (κ2) is 8.64. The van der Waals surface area contributed by atoms with Crippen LogP contribution in [0, 0.1) is 0 Å². The molecule has 0 atom stereocenters. The molecule has 0 bridgehead atoms. The highest BCUT2D eigenvalue weighted by molar-refractivity contribution is 7.98. The van der Waals surface area contributed by atoms with Crippen LogP contribution >= 0.6 is 11.8 Å². The van der Waals surface area contributed by atoms with Crippen LogP contribution < -0.4 is 10.3 Å². The average molecular weight is 446 g/mol. The van der Waals surface area contributed by atoms with Gasteiger partial charge in [-0.1, -0.05) is 47.3 Å². The van der Waals surface area contributed by atoms with E-state index in [0.29, 0.717) is 16.4 Å². The minimum absolute atomic E-state index is 0.216. The first-order valence-electron chi connectivity index (χ1n) is 8.84. The number of rotatable bonds is 6. The number of thioether (sulfide) groups is 1. The summed E-state index contributed by atoms with van der Waals surface area (Å²) in [6, 6.07) is 15.8. The zero-order valence-electron chi connectivity index (χ0n) is 15.6. The largest absolute Gasteiger partial charge is 0.573 e. The van der Waals surface area contributed by atoms with Crippen LogP contribution in [-0.4, -0.2) is 26.5 Å². The van der Waals surface area contributed by atoms with Gasteiger partial charge in [0.05, 0.1) is 11.4 Å². The molecule has 0 spiro atoms. The summed E-state index contributed by atoms with van der Waals surface area (Å²) in [4.78, 5) is 23.3. The molecule has 0 aliphatic carbocycles. The van der Waals surface area contributed by atoms with E-state index in [0.717, 1.165) is 17.7 Å². The zero-order chi connectivity index (χ0) is 21.8. The predicted octanol–water partition coefficient (Wildman–Crippen LogP) is 4.68. The Morgan fingerprint density at radius 1 is 1.00 bits per heavy atom. The summed E-state index contributed by atoms with van der Waals surface area (Å²) in [7, 11) is 0. The van der Waals surface area contributed by atoms with Crippen molar-refractivity contribution in [1.82, 2.24) is 20.1 Å². The number of ether oxygens (including phenoxy) is 1. The van der Waals surface area contributed by atoms with Gasteiger partial charge in [0.1, 0.15) is 5.75 Å². The van der Waals surface area contributed by atoms with E-state index in [2.05, 4.69) is 24.8 Å². The van der Waals surface area contributed by atoms with Crippen molar-refractivity contribution in [2.45, 2.75) is 17.3 Å². The van der Waals surface area contributed by atoms with E-state index in [1.54, 1.807) is 0 Å². The molecule has 31 heavy (non-hydrogen) atoms. The first-order chi connectivity index (χ1) is 14.9. The maximum Gasteiger partial charge on any atom is 0.573 e. The molecule has 0 radical (unpaired) electrons. The molecule has 2 aromatic carbocycles. The Labute approximate surface area is 177 Å². The van der Waals surface area contributed by atoms with E-state index in [4.69, 9.17) is 4.52 Å². The molecule has 0 fully saturated rings. The second-order valence-electron chi connectivity index (χ2n) is 6.17. The highest BCUT2D eigenvalue weighted by atomic mass is 32.2. The van der Waals surface area contributed by atoms with Crippen molar-refractivity contribution in [3.05, 3.63) is 76.9 Å². The Hall–Kier alpha value is -3.60. The van der Waals surface area contributed by atoms with Gasteiger partial charge in [-0.25, -0.2) is 4.98 Å². The van der Waals surface area contributed by atoms with Crippen LogP contribution in [0.4, 0.5) is 13.2 Å². The highest BCUT2D eigenvalue weighted by Gasteiger charge is 2.31. The fraction of sp³-hybridized carbons (Fsp3) is 0.100. The third kappa shape index (κ3) is 5.51. The Balaban J connectivity index is 1.44. The third-order valence-electron chi connectivity index (χ3n) is 3.94. The van der Waals surface area contributed by atoms with Gasteiger partial charge in [-0.05, 0) is 24.3 Å². The van der Waals surface area contributed by atoms with Crippen molar-refractivity contribution < 1.29 is 22.4 Å². The molecular formula is C20H13F3N4O3S. The van der Waals surface area contributed by atoms with Crippen molar-refractivity contribution in [3.63, 3.8) is 0 Å². The molecule has 158 valence electrons. The van der Waals surface area contributed by atoms with Gasteiger partial charge in [0.25, 0.3) is 5.56 Å². The summed E-state index contributed by atoms with van der Waals surface area (Å²) < 4.78 is 45.8. The van der Waals surface area contributed by atoms with Crippen molar-refractivity contribution in [2.75, 3.05) is 0 Å². The lowest BCUT2D eigenvalue weighted by Crippen LogP contribution is -2.16. The number of H-pyrrole nitrogens is 1. The molecular weight excluding hydrogens is 433 g/mol. The molecule has 0 aliphatic heterocycles. The molecule has 1 N–H and O–H groups in total. The number of halogens is 3. The van der Waals surface area contributed by atoms with E-state index in [1.807, 2.05) is 30.3 Å². The number of aromatic amines is 1. The summed E-state index contributed by atoms with van der Waals surface area (Å²) in [5.41, 5.74) is 1.53. The number of aromatic nitrogens is 4. The molecule has 0 amide bonds. The van der Waals surface area contributed by atoms with Crippen molar-refractivity contribution in [3.8, 4) is 28.4 Å². The topological polar surface area (TPSA) is 93.9 Å². The Kier molecular flexibility index (Phi) is 5.76. The minimum Gasteiger partial charge on any atom is -0.406 e. The van der Waals surface area contributed by atoms with Gasteiger partial charge in [0.15, 0.2) is 5.16 Å². The van der Waals surface area contributed by atoms with E-state index < -0.39 is 6.36 Å². The number of hydrogen-bond acceptors (Lipinski definition) is 7. The number of nitrogens with one attached hydrogen (secondary N) is 1. The molecule has 0 saturated carbocycles. The van der Waals surface area contributed by atoms with E-state index in [-0.39, 0.29) is 28.8 Å². The lowest BCUT2D eigenvalue weighted by atomic mass is 10.1. The fourth-order valence-electron chi connectivity index (χ4n) is 2.63. The van der Waals surface area contributed by atoms with Crippen LogP contribution in [0.3, 0.4) is 0 Å². The van der Waals surface area contributed by atoms with Crippen molar-refractivity contribution >= 4 is 11.8 Å². The van der Waals surface area contributed by atoms with Gasteiger partial charge in [0, 0.05) is 17.2 Å². The van der Waals surface area contributed by atoms with Gasteiger partial charge in [-0.3, -0.25) is 4.79 Å². The minimum atomic E-state index is -4.76. The quantitative estimate of drug-likeness (QED) is 0.340. The lowest BCUT2D eigenvalue weighted by Gasteiger charge is -2.08. The van der Waals surface area contributed by atoms with E-state index in [1.165, 1.54) is 30.0 Å². The number of hydrogen-bond donors (Lipinski definition) is 1. The third-order valence-corrected chi connectivity index (χ3v) is 4.79. The van der Waals surface area contributed by atoms with Crippen LogP contribution in [0.1, 0.15) is 5.89 Å². The highest BCUT2D eigenvalue weighted by Crippen LogP contribution is 2.26. The SMILES string of the molecule is O=c1cc(-c2ccccc2)nc(SCc2nc(-c3ccc(OC(F)(F)F)cc3)no2)[nH]1. The average Bonchev–Trinajstić information content (AvgIpc) is 3.21. The fourth-order valence-corrected chi connectivity index (χ4v) is 3.34. The lowest BCUT2D eigenvalue weighted by molar-refractivity contribution is -0.274. The summed E-state index contributed by atoms with van der Waals surface area (Å²) in [6.07, 6.45) is -4.76. The smallest absolute Gasteiger partial charge is 0.406 e. The predicted molar refractivity (Wildman–Crippen MR) is 106 cm³/mol. The molecule has 2 heterocycles. The molecule has 0 saturated heterocycles. The maximum atomic E-state index is 12.2. The van der Waals surface area contributed by atoms with Gasteiger partial charge >= 0.3 is 6.36 Å². The van der Waals surface area contributed by atoms with Crippen LogP contribution in [0.2, 0.25) is 0 Å². The molecule has 4 aromatic rings. The summed E-state index contributed by atoms with van der Waals surface area (Å²) >= 11 is 1.21. The van der Waals surface area contributed by atoms with Crippen LogP contribution in [0.15, 0.2) is 75.1 Å². The maximum absolute atomic E-state index is 12.2. The molecule has 7 nitrogen and oxygen atoms in total. The Bertz CT molecular complexity index is 1220. The normalized spacial score (nSPS) is 11.5. The van der Waals surface area contributed by atoms with Gasteiger partial charge in [-0.15, -0.1) is 13.2 Å². The number of nitrogens with zero attached hydrogens (tertiary/aromatic N) is 3. The number of alkyl halides is 3. The van der Waals surface area contributed by atoms with Crippen LogP contribution in [0.5, 0.6) is 5.75 Å². The first-order valence-corrected chi connectivity index (χ1v) is 9.83. The van der Waals surface area contributed by atoms with E-state index >= 15 is 0 Å². The van der Waals surface area contributed by atoms with Gasteiger partial charge in [-0.2, -0.15) is 4.98 Å². The zero-order valence-corrected chi connectivity index (χ0v) is 16.4. The van der Waals surface area contributed by atoms with Gasteiger partial charge < -0.3 is 14.2 Å². The summed E-state index contributed by atoms with van der Waals surface area (Å²) in [5.74, 6) is 0.379. The molecule has 2 aromatic heterocycles. The molecule has 0 aliphatic rings. The summed E-state index contributed by atoms with van der Waals surface area (Å²) in [5, 5.41) is 4.22. The van der Waals surface area contributed by atoms with Gasteiger partial charge in [0.2, 0.25) is 11.7 Å². The van der Waals surface area contributed by atoms with Crippen molar-refractivity contribution in [1.29, 1.82) is 0 Å². The summed E-state index contributed by atoms with van der Waals surface area (Å²) in [6.45, 7) is 0. The first kappa shape index (κ1) is 20.7. The molecule has 4 rings (SSSR count).